The van der Waals surface area contributed by atoms with E-state index in [-0.39, 0.29) is 16.6 Å². The normalized spacial score (nSPS) is 17.5. The molecule has 1 aromatic rings. The van der Waals surface area contributed by atoms with E-state index in [2.05, 4.69) is 15.3 Å². The van der Waals surface area contributed by atoms with Gasteiger partial charge in [-0.1, -0.05) is 11.6 Å². The summed E-state index contributed by atoms with van der Waals surface area (Å²) in [4.78, 5) is 17.6. The quantitative estimate of drug-likeness (QED) is 0.704. The fourth-order valence-corrected chi connectivity index (χ4v) is 1.68. The molecule has 0 saturated heterocycles. The van der Waals surface area contributed by atoms with Crippen molar-refractivity contribution in [2.24, 2.45) is 11.7 Å². The fourth-order valence-electron chi connectivity index (χ4n) is 1.53. The molecule has 82 valence electrons. The van der Waals surface area contributed by atoms with Crippen LogP contribution in [-0.2, 0) is 0 Å². The van der Waals surface area contributed by atoms with Gasteiger partial charge in [0.1, 0.15) is 5.02 Å². The molecule has 6 heteroatoms. The number of nitrogens with zero attached hydrogens (tertiary/aromatic N) is 1. The first-order valence-electron chi connectivity index (χ1n) is 4.92. The number of aromatic nitrogens is 2. The summed E-state index contributed by atoms with van der Waals surface area (Å²) >= 11 is 5.81. The Kier molecular flexibility index (Phi) is 2.93. The lowest BCUT2D eigenvalue weighted by molar-refractivity contribution is 0.642. The highest BCUT2D eigenvalue weighted by Gasteiger charge is 2.30. The molecule has 4 N–H and O–H groups in total. The summed E-state index contributed by atoms with van der Waals surface area (Å²) in [7, 11) is 0. The van der Waals surface area contributed by atoms with Crippen molar-refractivity contribution in [3.63, 3.8) is 0 Å². The van der Waals surface area contributed by atoms with Crippen molar-refractivity contribution in [2.75, 3.05) is 11.9 Å². The van der Waals surface area contributed by atoms with Crippen LogP contribution in [0.2, 0.25) is 5.02 Å². The van der Waals surface area contributed by atoms with E-state index in [1.165, 1.54) is 19.2 Å². The molecule has 1 fully saturated rings. The zero-order valence-corrected chi connectivity index (χ0v) is 8.92. The Morgan fingerprint density at radius 3 is 3.07 bits per heavy atom. The summed E-state index contributed by atoms with van der Waals surface area (Å²) < 4.78 is 0. The molecule has 1 unspecified atom stereocenters. The molecule has 2 rings (SSSR count). The van der Waals surface area contributed by atoms with Gasteiger partial charge in [-0.05, 0) is 18.8 Å². The van der Waals surface area contributed by atoms with Gasteiger partial charge in [-0.2, -0.15) is 0 Å². The van der Waals surface area contributed by atoms with Crippen molar-refractivity contribution in [1.29, 1.82) is 0 Å². The van der Waals surface area contributed by atoms with Crippen LogP contribution >= 0.6 is 11.6 Å². The highest BCUT2D eigenvalue weighted by molar-refractivity contribution is 6.32. The molecule has 0 aromatic carbocycles. The zero-order valence-electron chi connectivity index (χ0n) is 8.16. The highest BCUT2D eigenvalue weighted by Crippen LogP contribution is 2.34. The van der Waals surface area contributed by atoms with Crippen LogP contribution in [0.1, 0.15) is 12.8 Å². The van der Waals surface area contributed by atoms with Crippen molar-refractivity contribution in [2.45, 2.75) is 18.9 Å². The van der Waals surface area contributed by atoms with Crippen LogP contribution in [-0.4, -0.2) is 22.6 Å². The van der Waals surface area contributed by atoms with E-state index in [0.717, 1.165) is 0 Å². The number of nitrogens with one attached hydrogen (secondary N) is 2. The molecular formula is C9H13ClN4O. The van der Waals surface area contributed by atoms with Crippen LogP contribution in [0.25, 0.3) is 0 Å². The second kappa shape index (κ2) is 4.20. The third-order valence-corrected chi connectivity index (χ3v) is 2.91. The summed E-state index contributed by atoms with van der Waals surface area (Å²) in [5.74, 6) is 1.01. The van der Waals surface area contributed by atoms with Crippen LogP contribution in [0, 0.1) is 5.92 Å². The summed E-state index contributed by atoms with van der Waals surface area (Å²) in [5.41, 5.74) is 5.30. The third kappa shape index (κ3) is 2.30. The van der Waals surface area contributed by atoms with Crippen molar-refractivity contribution >= 4 is 17.4 Å². The summed E-state index contributed by atoms with van der Waals surface area (Å²) in [5, 5.41) is 3.21. The van der Waals surface area contributed by atoms with E-state index >= 15 is 0 Å². The van der Waals surface area contributed by atoms with Crippen LogP contribution < -0.4 is 16.6 Å². The van der Waals surface area contributed by atoms with E-state index in [1.54, 1.807) is 0 Å². The fraction of sp³-hybridized carbons (Fsp3) is 0.556. The smallest absolute Gasteiger partial charge is 0.271 e. The van der Waals surface area contributed by atoms with Gasteiger partial charge in [-0.15, -0.1) is 0 Å². The average molecular weight is 229 g/mol. The minimum atomic E-state index is -0.333. The Hall–Kier alpha value is -1.07. The predicted molar refractivity (Wildman–Crippen MR) is 59.1 cm³/mol. The number of anilines is 1. The second-order valence-corrected chi connectivity index (χ2v) is 4.10. The van der Waals surface area contributed by atoms with E-state index in [4.69, 9.17) is 17.3 Å². The highest BCUT2D eigenvalue weighted by atomic mass is 35.5. The molecular weight excluding hydrogens is 216 g/mol. The number of nitrogens with two attached hydrogens (primary N) is 1. The molecule has 15 heavy (non-hydrogen) atoms. The first-order valence-corrected chi connectivity index (χ1v) is 5.30. The Morgan fingerprint density at radius 2 is 2.47 bits per heavy atom. The van der Waals surface area contributed by atoms with Gasteiger partial charge in [0.05, 0.1) is 6.33 Å². The van der Waals surface area contributed by atoms with E-state index in [1.807, 2.05) is 0 Å². The lowest BCUT2D eigenvalue weighted by atomic mass is 10.2. The average Bonchev–Trinajstić information content (AvgIpc) is 3.04. The lowest BCUT2D eigenvalue weighted by Gasteiger charge is -2.16. The maximum Gasteiger partial charge on any atom is 0.271 e. The van der Waals surface area contributed by atoms with Crippen LogP contribution in [0.3, 0.4) is 0 Å². The minimum absolute atomic E-state index is 0.0941. The van der Waals surface area contributed by atoms with Crippen molar-refractivity contribution < 1.29 is 0 Å². The van der Waals surface area contributed by atoms with E-state index < -0.39 is 0 Å². The molecule has 1 saturated carbocycles. The zero-order chi connectivity index (χ0) is 10.8. The largest absolute Gasteiger partial charge is 0.364 e. The van der Waals surface area contributed by atoms with Gasteiger partial charge in [0.2, 0.25) is 0 Å². The van der Waals surface area contributed by atoms with Gasteiger partial charge < -0.3 is 16.0 Å². The first-order chi connectivity index (χ1) is 7.22. The van der Waals surface area contributed by atoms with Gasteiger partial charge in [0, 0.05) is 12.6 Å². The van der Waals surface area contributed by atoms with Gasteiger partial charge in [-0.3, -0.25) is 4.79 Å². The van der Waals surface area contributed by atoms with Crippen LogP contribution in [0.4, 0.5) is 5.82 Å². The SMILES string of the molecule is NCC(Nc1nc[nH]c(=O)c1Cl)C1CC1. The molecule has 1 atom stereocenters. The predicted octanol–water partition coefficient (Wildman–Crippen LogP) is 0.572. The number of H-pyrrole nitrogens is 1. The Balaban J connectivity index is 2.15. The number of hydrogen-bond donors (Lipinski definition) is 3. The lowest BCUT2D eigenvalue weighted by Crippen LogP contribution is -2.32. The van der Waals surface area contributed by atoms with Gasteiger partial charge in [0.25, 0.3) is 5.56 Å². The molecule has 1 aliphatic rings. The summed E-state index contributed by atoms with van der Waals surface area (Å²) in [6.07, 6.45) is 3.68. The molecule has 0 spiro atoms. The summed E-state index contributed by atoms with van der Waals surface area (Å²) in [6, 6.07) is 0.164. The standard InChI is InChI=1S/C9H13ClN4O/c10-7-8(12-4-13-9(7)15)14-6(3-11)5-1-2-5/h4-6H,1-3,11H2,(H2,12,13,14,15). The number of halogens is 1. The molecule has 0 amide bonds. The third-order valence-electron chi connectivity index (χ3n) is 2.56. The monoisotopic (exact) mass is 228 g/mol. The number of aromatic amines is 1. The second-order valence-electron chi connectivity index (χ2n) is 3.72. The van der Waals surface area contributed by atoms with E-state index in [0.29, 0.717) is 18.3 Å². The summed E-state index contributed by atoms with van der Waals surface area (Å²) in [6.45, 7) is 0.523. The number of rotatable bonds is 4. The molecule has 5 nitrogen and oxygen atoms in total. The maximum absolute atomic E-state index is 11.2. The van der Waals surface area contributed by atoms with Crippen LogP contribution in [0.15, 0.2) is 11.1 Å². The van der Waals surface area contributed by atoms with Gasteiger partial charge in [-0.25, -0.2) is 4.98 Å². The molecule has 1 aromatic heterocycles. The van der Waals surface area contributed by atoms with Crippen LogP contribution in [0.5, 0.6) is 0 Å². The Morgan fingerprint density at radius 1 is 1.73 bits per heavy atom. The van der Waals surface area contributed by atoms with Crippen molar-refractivity contribution in [3.05, 3.63) is 21.7 Å². The maximum atomic E-state index is 11.2. The molecule has 0 bridgehead atoms. The number of hydrogen-bond acceptors (Lipinski definition) is 4. The topological polar surface area (TPSA) is 83.8 Å². The van der Waals surface area contributed by atoms with Gasteiger partial charge >= 0.3 is 0 Å². The molecule has 0 aliphatic heterocycles. The molecule has 0 radical (unpaired) electrons. The first kappa shape index (κ1) is 10.4. The molecule has 1 heterocycles. The Bertz CT molecular complexity index is 401. The minimum Gasteiger partial charge on any atom is -0.364 e. The van der Waals surface area contributed by atoms with Crippen molar-refractivity contribution in [1.82, 2.24) is 9.97 Å². The van der Waals surface area contributed by atoms with E-state index in [9.17, 15) is 4.79 Å². The Labute approximate surface area is 92.0 Å². The van der Waals surface area contributed by atoms with Gasteiger partial charge in [0.15, 0.2) is 5.82 Å². The molecule has 1 aliphatic carbocycles. The van der Waals surface area contributed by atoms with Crippen molar-refractivity contribution in [3.8, 4) is 0 Å².